The van der Waals surface area contributed by atoms with Gasteiger partial charge in [-0.15, -0.1) is 11.3 Å². The molecular weight excluding hydrogens is 398 g/mol. The van der Waals surface area contributed by atoms with E-state index in [0.717, 1.165) is 23.1 Å². The summed E-state index contributed by atoms with van der Waals surface area (Å²) in [5.74, 6) is -0.966. The van der Waals surface area contributed by atoms with E-state index in [4.69, 9.17) is 9.47 Å². The summed E-state index contributed by atoms with van der Waals surface area (Å²) in [4.78, 5) is 39.0. The van der Waals surface area contributed by atoms with Crippen LogP contribution in [-0.4, -0.2) is 49.0 Å². The number of fused-ring (bicyclic) bond motifs is 1. The van der Waals surface area contributed by atoms with Gasteiger partial charge in [-0.25, -0.2) is 4.79 Å². The summed E-state index contributed by atoms with van der Waals surface area (Å²) in [5, 5.41) is 14.4. The maximum Gasteiger partial charge on any atom is 0.341 e. The summed E-state index contributed by atoms with van der Waals surface area (Å²) in [6, 6.07) is 3.96. The van der Waals surface area contributed by atoms with E-state index in [9.17, 15) is 19.7 Å². The van der Waals surface area contributed by atoms with Crippen molar-refractivity contribution in [1.82, 2.24) is 4.90 Å². The first kappa shape index (κ1) is 20.7. The Bertz CT molecular complexity index is 971. The number of thiophene rings is 1. The molecule has 29 heavy (non-hydrogen) atoms. The zero-order chi connectivity index (χ0) is 21.1. The monoisotopic (exact) mass is 419 g/mol. The maximum atomic E-state index is 12.8. The number of ether oxygens (including phenoxy) is 2. The molecule has 0 spiro atoms. The summed E-state index contributed by atoms with van der Waals surface area (Å²) < 4.78 is 10.2. The molecule has 10 heteroatoms. The molecule has 1 N–H and O–H groups in total. The third-order valence-electron chi connectivity index (χ3n) is 4.59. The third-order valence-corrected chi connectivity index (χ3v) is 5.72. The number of carbonyl (C=O) groups excluding carboxylic acids is 2. The normalized spacial score (nSPS) is 13.5. The van der Waals surface area contributed by atoms with E-state index >= 15 is 0 Å². The van der Waals surface area contributed by atoms with E-state index in [1.807, 2.05) is 7.05 Å². The standard InChI is InChI=1S/C19H21N3O6S/c1-4-28-19(24)16-12-7-8-21(2)10-15(12)29-18(16)20-17(23)11-5-6-14(27-3)13(9-11)22(25)26/h5-6,9H,4,7-8,10H2,1-3H3,(H,20,23). The number of esters is 1. The fourth-order valence-electron chi connectivity index (χ4n) is 3.19. The zero-order valence-corrected chi connectivity index (χ0v) is 17.1. The molecule has 0 radical (unpaired) electrons. The molecule has 154 valence electrons. The molecule has 1 aliphatic heterocycles. The number of hydrogen-bond donors (Lipinski definition) is 1. The van der Waals surface area contributed by atoms with E-state index in [-0.39, 0.29) is 23.6 Å². The molecule has 2 heterocycles. The van der Waals surface area contributed by atoms with E-state index in [1.54, 1.807) is 6.92 Å². The number of hydrogen-bond acceptors (Lipinski definition) is 8. The molecule has 2 aromatic rings. The second-order valence-corrected chi connectivity index (χ2v) is 7.62. The van der Waals surface area contributed by atoms with Gasteiger partial charge in [0.15, 0.2) is 5.75 Å². The molecule has 0 bridgehead atoms. The minimum atomic E-state index is -0.612. The average Bonchev–Trinajstić information content (AvgIpc) is 3.04. The molecule has 0 fully saturated rings. The number of benzene rings is 1. The highest BCUT2D eigenvalue weighted by Crippen LogP contribution is 2.38. The Labute approximate surface area is 171 Å². The highest BCUT2D eigenvalue weighted by atomic mass is 32.1. The molecule has 9 nitrogen and oxygen atoms in total. The van der Waals surface area contributed by atoms with E-state index in [2.05, 4.69) is 10.2 Å². The van der Waals surface area contributed by atoms with Crippen LogP contribution in [0.4, 0.5) is 10.7 Å². The number of nitro benzene ring substituents is 1. The number of carbonyl (C=O) groups is 2. The van der Waals surface area contributed by atoms with Crippen LogP contribution in [0.15, 0.2) is 18.2 Å². The maximum absolute atomic E-state index is 12.8. The van der Waals surface area contributed by atoms with Gasteiger partial charge in [0.1, 0.15) is 5.00 Å². The highest BCUT2D eigenvalue weighted by Gasteiger charge is 2.29. The second-order valence-electron chi connectivity index (χ2n) is 6.51. The van der Waals surface area contributed by atoms with Gasteiger partial charge < -0.3 is 19.7 Å². The number of amides is 1. The predicted molar refractivity (Wildman–Crippen MR) is 108 cm³/mol. The molecule has 1 aliphatic rings. The Kier molecular flexibility index (Phi) is 6.14. The molecule has 1 aromatic carbocycles. The number of nitro groups is 1. The summed E-state index contributed by atoms with van der Waals surface area (Å²) >= 11 is 1.33. The number of methoxy groups -OCH3 is 1. The van der Waals surface area contributed by atoms with Crippen molar-refractivity contribution in [3.05, 3.63) is 49.9 Å². The highest BCUT2D eigenvalue weighted by molar-refractivity contribution is 7.17. The SMILES string of the molecule is CCOC(=O)c1c(NC(=O)c2ccc(OC)c([N+](=O)[O-])c2)sc2c1CCN(C)C2. The van der Waals surface area contributed by atoms with Gasteiger partial charge in [0, 0.05) is 29.6 Å². The van der Waals surface area contributed by atoms with Crippen molar-refractivity contribution in [2.75, 3.05) is 32.6 Å². The van der Waals surface area contributed by atoms with Gasteiger partial charge in [0.2, 0.25) is 0 Å². The van der Waals surface area contributed by atoms with Crippen molar-refractivity contribution in [2.45, 2.75) is 19.9 Å². The summed E-state index contributed by atoms with van der Waals surface area (Å²) in [5.41, 5.74) is 1.05. The molecule has 1 aromatic heterocycles. The molecule has 3 rings (SSSR count). The van der Waals surface area contributed by atoms with Gasteiger partial charge >= 0.3 is 11.7 Å². The van der Waals surface area contributed by atoms with Gasteiger partial charge in [0.05, 0.1) is 24.2 Å². The third kappa shape index (κ3) is 4.22. The lowest BCUT2D eigenvalue weighted by Gasteiger charge is -2.22. The lowest BCUT2D eigenvalue weighted by molar-refractivity contribution is -0.385. The Morgan fingerprint density at radius 2 is 2.14 bits per heavy atom. The Morgan fingerprint density at radius 1 is 1.38 bits per heavy atom. The topological polar surface area (TPSA) is 111 Å². The lowest BCUT2D eigenvalue weighted by atomic mass is 10.0. The van der Waals surface area contributed by atoms with Crippen LogP contribution in [0.5, 0.6) is 5.75 Å². The van der Waals surface area contributed by atoms with Gasteiger partial charge in [-0.2, -0.15) is 0 Å². The number of nitrogens with one attached hydrogen (secondary N) is 1. The second kappa shape index (κ2) is 8.58. The van der Waals surface area contributed by atoms with E-state index < -0.39 is 16.8 Å². The van der Waals surface area contributed by atoms with Crippen LogP contribution in [0.1, 0.15) is 38.1 Å². The van der Waals surface area contributed by atoms with Gasteiger partial charge in [0.25, 0.3) is 5.91 Å². The first-order valence-corrected chi connectivity index (χ1v) is 9.81. The largest absolute Gasteiger partial charge is 0.490 e. The molecule has 0 aliphatic carbocycles. The van der Waals surface area contributed by atoms with E-state index in [0.29, 0.717) is 23.5 Å². The quantitative estimate of drug-likeness (QED) is 0.435. The van der Waals surface area contributed by atoms with E-state index in [1.165, 1.54) is 30.6 Å². The predicted octanol–water partition coefficient (Wildman–Crippen LogP) is 3.08. The van der Waals surface area contributed by atoms with Crippen molar-refractivity contribution < 1.29 is 24.0 Å². The van der Waals surface area contributed by atoms with Crippen LogP contribution in [0, 0.1) is 10.1 Å². The lowest BCUT2D eigenvalue weighted by Crippen LogP contribution is -2.26. The fourth-order valence-corrected chi connectivity index (χ4v) is 4.50. The van der Waals surface area contributed by atoms with Crippen LogP contribution in [0.2, 0.25) is 0 Å². The smallest absolute Gasteiger partial charge is 0.341 e. The van der Waals surface area contributed by atoms with Gasteiger partial charge in [-0.05, 0) is 38.1 Å². The number of nitrogens with zero attached hydrogens (tertiary/aromatic N) is 2. The fraction of sp³-hybridized carbons (Fsp3) is 0.368. The Balaban J connectivity index is 1.95. The number of anilines is 1. The van der Waals surface area contributed by atoms with Crippen LogP contribution in [0.3, 0.4) is 0 Å². The van der Waals surface area contributed by atoms with Gasteiger partial charge in [-0.3, -0.25) is 14.9 Å². The van der Waals surface area contributed by atoms with Crippen LogP contribution >= 0.6 is 11.3 Å². The molecular formula is C19H21N3O6S. The number of rotatable bonds is 6. The first-order chi connectivity index (χ1) is 13.8. The zero-order valence-electron chi connectivity index (χ0n) is 16.3. The van der Waals surface area contributed by atoms with Crippen LogP contribution in [0.25, 0.3) is 0 Å². The first-order valence-electron chi connectivity index (χ1n) is 8.99. The molecule has 0 unspecified atom stereocenters. The van der Waals surface area contributed by atoms with Crippen LogP contribution < -0.4 is 10.1 Å². The summed E-state index contributed by atoms with van der Waals surface area (Å²) in [6.07, 6.45) is 0.681. The Hall–Kier alpha value is -2.98. The van der Waals surface area contributed by atoms with Crippen LogP contribution in [-0.2, 0) is 17.7 Å². The van der Waals surface area contributed by atoms with Crippen molar-refractivity contribution in [3.8, 4) is 5.75 Å². The van der Waals surface area contributed by atoms with Crippen molar-refractivity contribution in [1.29, 1.82) is 0 Å². The van der Waals surface area contributed by atoms with Crippen molar-refractivity contribution >= 4 is 33.9 Å². The molecule has 0 saturated heterocycles. The molecule has 0 atom stereocenters. The van der Waals surface area contributed by atoms with Gasteiger partial charge in [-0.1, -0.05) is 0 Å². The average molecular weight is 419 g/mol. The summed E-state index contributed by atoms with van der Waals surface area (Å²) in [7, 11) is 3.31. The molecule has 0 saturated carbocycles. The Morgan fingerprint density at radius 3 is 2.79 bits per heavy atom. The minimum Gasteiger partial charge on any atom is -0.490 e. The molecule has 1 amide bonds. The number of likely N-dealkylation sites (N-methyl/N-ethyl adjacent to an activating group) is 1. The van der Waals surface area contributed by atoms with Crippen molar-refractivity contribution in [3.63, 3.8) is 0 Å². The minimum absolute atomic E-state index is 0.0633. The van der Waals surface area contributed by atoms with Crippen molar-refractivity contribution in [2.24, 2.45) is 0 Å². The summed E-state index contributed by atoms with van der Waals surface area (Å²) in [6.45, 7) is 3.42.